The summed E-state index contributed by atoms with van der Waals surface area (Å²) in [6.07, 6.45) is 0.712. The van der Waals surface area contributed by atoms with Gasteiger partial charge in [-0.3, -0.25) is 4.79 Å². The van der Waals surface area contributed by atoms with Crippen LogP contribution in [0.15, 0.2) is 33.5 Å². The molecule has 0 aliphatic heterocycles. The van der Waals surface area contributed by atoms with Crippen LogP contribution in [0.1, 0.15) is 25.8 Å². The first-order valence-corrected chi connectivity index (χ1v) is 8.40. The summed E-state index contributed by atoms with van der Waals surface area (Å²) in [7, 11) is 1.28. The molecule has 1 N–H and O–H groups in total. The van der Waals surface area contributed by atoms with Gasteiger partial charge in [-0.1, -0.05) is 20.3 Å². The maximum atomic E-state index is 12.1. The molecule has 0 unspecified atom stereocenters. The highest BCUT2D eigenvalue weighted by Crippen LogP contribution is 2.22. The SMILES string of the molecule is CC[C@H](C)[C@@H](NC(=O)COc1ccc2c(C)cc(=O)oc2c1)C(=O)OC. The average Bonchev–Trinajstić information content (AvgIpc) is 2.62. The molecular formula is C19H23NO6. The largest absolute Gasteiger partial charge is 0.484 e. The molecule has 7 heteroatoms. The lowest BCUT2D eigenvalue weighted by atomic mass is 9.99. The molecule has 0 aliphatic rings. The van der Waals surface area contributed by atoms with Crippen LogP contribution in [0.25, 0.3) is 11.0 Å². The molecular weight excluding hydrogens is 338 g/mol. The Kier molecular flexibility index (Phi) is 6.38. The second kappa shape index (κ2) is 8.51. The van der Waals surface area contributed by atoms with Crippen molar-refractivity contribution in [3.05, 3.63) is 40.2 Å². The molecule has 2 aromatic rings. The van der Waals surface area contributed by atoms with E-state index in [9.17, 15) is 14.4 Å². The molecule has 1 heterocycles. The van der Waals surface area contributed by atoms with Crippen molar-refractivity contribution in [1.82, 2.24) is 5.32 Å². The fourth-order valence-corrected chi connectivity index (χ4v) is 2.56. The molecule has 2 atom stereocenters. The summed E-state index contributed by atoms with van der Waals surface area (Å²) in [5, 5.41) is 3.43. The van der Waals surface area contributed by atoms with Crippen LogP contribution >= 0.6 is 0 Å². The van der Waals surface area contributed by atoms with Crippen LogP contribution in [0, 0.1) is 12.8 Å². The van der Waals surface area contributed by atoms with Crippen LogP contribution in [0.4, 0.5) is 0 Å². The molecule has 1 amide bonds. The third kappa shape index (κ3) is 4.62. The van der Waals surface area contributed by atoms with Crippen LogP contribution in [-0.2, 0) is 14.3 Å². The highest BCUT2D eigenvalue weighted by molar-refractivity contribution is 5.85. The van der Waals surface area contributed by atoms with Crippen molar-refractivity contribution in [3.63, 3.8) is 0 Å². The number of hydrogen-bond acceptors (Lipinski definition) is 6. The Hall–Kier alpha value is -2.83. The number of aryl methyl sites for hydroxylation is 1. The molecule has 1 aromatic heterocycles. The first-order chi connectivity index (χ1) is 12.3. The molecule has 0 fully saturated rings. The van der Waals surface area contributed by atoms with Gasteiger partial charge >= 0.3 is 11.6 Å². The highest BCUT2D eigenvalue weighted by Gasteiger charge is 2.26. The van der Waals surface area contributed by atoms with Crippen molar-refractivity contribution in [2.75, 3.05) is 13.7 Å². The van der Waals surface area contributed by atoms with Crippen molar-refractivity contribution >= 4 is 22.8 Å². The van der Waals surface area contributed by atoms with Crippen LogP contribution in [0.3, 0.4) is 0 Å². The van der Waals surface area contributed by atoms with Crippen molar-refractivity contribution < 1.29 is 23.5 Å². The van der Waals surface area contributed by atoms with E-state index in [2.05, 4.69) is 5.32 Å². The molecule has 140 valence electrons. The second-order valence-electron chi connectivity index (χ2n) is 6.15. The van der Waals surface area contributed by atoms with Crippen LogP contribution < -0.4 is 15.7 Å². The number of rotatable bonds is 7. The molecule has 0 saturated heterocycles. The van der Waals surface area contributed by atoms with Gasteiger partial charge in [0.25, 0.3) is 5.91 Å². The van der Waals surface area contributed by atoms with E-state index < -0.39 is 23.5 Å². The Balaban J connectivity index is 2.05. The van der Waals surface area contributed by atoms with Crippen molar-refractivity contribution in [2.45, 2.75) is 33.2 Å². The van der Waals surface area contributed by atoms with Gasteiger partial charge in [0.05, 0.1) is 7.11 Å². The summed E-state index contributed by atoms with van der Waals surface area (Å²) in [6, 6.07) is 5.70. The number of methoxy groups -OCH3 is 1. The zero-order valence-electron chi connectivity index (χ0n) is 15.3. The minimum absolute atomic E-state index is 0.0654. The van der Waals surface area contributed by atoms with E-state index in [0.29, 0.717) is 17.8 Å². The summed E-state index contributed by atoms with van der Waals surface area (Å²) in [6.45, 7) is 5.32. The van der Waals surface area contributed by atoms with E-state index in [1.54, 1.807) is 18.2 Å². The van der Waals surface area contributed by atoms with Crippen molar-refractivity contribution in [1.29, 1.82) is 0 Å². The van der Waals surface area contributed by atoms with E-state index in [4.69, 9.17) is 13.9 Å². The monoisotopic (exact) mass is 361 g/mol. The van der Waals surface area contributed by atoms with Gasteiger partial charge in [-0.2, -0.15) is 0 Å². The van der Waals surface area contributed by atoms with E-state index >= 15 is 0 Å². The third-order valence-corrected chi connectivity index (χ3v) is 4.28. The normalized spacial score (nSPS) is 13.1. The van der Waals surface area contributed by atoms with Gasteiger partial charge in [-0.15, -0.1) is 0 Å². The summed E-state index contributed by atoms with van der Waals surface area (Å²) in [5.41, 5.74) is 0.745. The van der Waals surface area contributed by atoms with Crippen LogP contribution in [-0.4, -0.2) is 31.6 Å². The van der Waals surface area contributed by atoms with Gasteiger partial charge < -0.3 is 19.2 Å². The first kappa shape index (κ1) is 19.5. The van der Waals surface area contributed by atoms with E-state index in [1.807, 2.05) is 20.8 Å². The Morgan fingerprint density at radius 2 is 2.00 bits per heavy atom. The number of ether oxygens (including phenoxy) is 2. The number of benzene rings is 1. The quantitative estimate of drug-likeness (QED) is 0.600. The number of carbonyl (C=O) groups excluding carboxylic acids is 2. The number of fused-ring (bicyclic) bond motifs is 1. The minimum Gasteiger partial charge on any atom is -0.484 e. The molecule has 0 radical (unpaired) electrons. The third-order valence-electron chi connectivity index (χ3n) is 4.28. The second-order valence-corrected chi connectivity index (χ2v) is 6.15. The van der Waals surface area contributed by atoms with Gasteiger partial charge in [0.1, 0.15) is 17.4 Å². The highest BCUT2D eigenvalue weighted by atomic mass is 16.5. The van der Waals surface area contributed by atoms with Gasteiger partial charge in [0.2, 0.25) is 0 Å². The zero-order chi connectivity index (χ0) is 19.3. The molecule has 2 rings (SSSR count). The lowest BCUT2D eigenvalue weighted by molar-refractivity contribution is -0.146. The van der Waals surface area contributed by atoms with Crippen LogP contribution in [0.5, 0.6) is 5.75 Å². The van der Waals surface area contributed by atoms with E-state index in [0.717, 1.165) is 10.9 Å². The fraction of sp³-hybridized carbons (Fsp3) is 0.421. The maximum Gasteiger partial charge on any atom is 0.336 e. The summed E-state index contributed by atoms with van der Waals surface area (Å²) in [5.74, 6) is -0.606. The first-order valence-electron chi connectivity index (χ1n) is 8.40. The molecule has 26 heavy (non-hydrogen) atoms. The van der Waals surface area contributed by atoms with Crippen molar-refractivity contribution in [3.8, 4) is 5.75 Å². The number of hydrogen-bond donors (Lipinski definition) is 1. The Morgan fingerprint density at radius 1 is 1.27 bits per heavy atom. The number of carbonyl (C=O) groups is 2. The zero-order valence-corrected chi connectivity index (χ0v) is 15.3. The Labute approximate surface area is 151 Å². The van der Waals surface area contributed by atoms with Gasteiger partial charge in [-0.05, 0) is 30.5 Å². The topological polar surface area (TPSA) is 94.8 Å². The summed E-state index contributed by atoms with van der Waals surface area (Å²) < 4.78 is 15.3. The smallest absolute Gasteiger partial charge is 0.336 e. The fourth-order valence-electron chi connectivity index (χ4n) is 2.56. The van der Waals surface area contributed by atoms with Gasteiger partial charge in [0.15, 0.2) is 6.61 Å². The predicted molar refractivity (Wildman–Crippen MR) is 96.1 cm³/mol. The van der Waals surface area contributed by atoms with Crippen LogP contribution in [0.2, 0.25) is 0 Å². The Morgan fingerprint density at radius 3 is 2.65 bits per heavy atom. The molecule has 0 aliphatic carbocycles. The molecule has 0 spiro atoms. The number of nitrogens with one attached hydrogen (secondary N) is 1. The molecule has 0 bridgehead atoms. The van der Waals surface area contributed by atoms with E-state index in [1.165, 1.54) is 13.2 Å². The van der Waals surface area contributed by atoms with Gasteiger partial charge in [-0.25, -0.2) is 9.59 Å². The Bertz CT molecular complexity index is 857. The van der Waals surface area contributed by atoms with Gasteiger partial charge in [0, 0.05) is 17.5 Å². The van der Waals surface area contributed by atoms with E-state index in [-0.39, 0.29) is 12.5 Å². The molecule has 7 nitrogen and oxygen atoms in total. The summed E-state index contributed by atoms with van der Waals surface area (Å²) in [4.78, 5) is 35.4. The molecule has 0 saturated carbocycles. The molecule has 1 aromatic carbocycles. The lowest BCUT2D eigenvalue weighted by Gasteiger charge is -2.21. The average molecular weight is 361 g/mol. The standard InChI is InChI=1S/C19H23NO6/c1-5-11(2)18(19(23)24-4)20-16(21)10-25-13-6-7-14-12(3)8-17(22)26-15(14)9-13/h6-9,11,18H,5,10H2,1-4H3,(H,20,21)/t11-,18+/m0/s1. The maximum absolute atomic E-state index is 12.1. The minimum atomic E-state index is -0.724. The summed E-state index contributed by atoms with van der Waals surface area (Å²) >= 11 is 0. The van der Waals surface area contributed by atoms with Crippen molar-refractivity contribution in [2.24, 2.45) is 5.92 Å². The number of esters is 1. The predicted octanol–water partition coefficient (Wildman–Crippen LogP) is 2.18. The lowest BCUT2D eigenvalue weighted by Crippen LogP contribution is -2.47. The number of amides is 1.